The van der Waals surface area contributed by atoms with Gasteiger partial charge in [0, 0.05) is 48.4 Å². The standard InChI is InChI=1S/C42H44N3OS3/c1-5-8-29-44-34-20-11-14-23-37(34)48-40(44)28-26-32-18-16-17-31(25-27-39-43(7-3)33-19-10-13-22-36(33)47-39)41(32)46-42(4)45(30-9-6-2)35-21-12-15-24-38(35)49-42/h5-6,10-15,19-28H,1-2,7-9,16-18,29-30H2,3-4H3/q+1. The average molecular weight is 703 g/mol. The average Bonchev–Trinajstić information content (AvgIpc) is 3.76. The molecule has 1 aliphatic carbocycles. The number of benzene rings is 3. The van der Waals surface area contributed by atoms with E-state index in [2.05, 4.69) is 138 Å². The molecule has 1 atom stereocenters. The van der Waals surface area contributed by atoms with E-state index in [1.165, 1.54) is 52.6 Å². The molecule has 4 nitrogen and oxygen atoms in total. The SMILES string of the molecule is C=CCCN1c2ccccc2SC1(C)OC1=C(/C=C/c2sc3ccccc3[n+]2CCC=C)CCC/C1=C\C=C1/Sc2ccccc2N1CC. The number of nitrogens with zero attached hydrogens (tertiary/aromatic N) is 3. The summed E-state index contributed by atoms with van der Waals surface area (Å²) in [5.74, 6) is 1.01. The van der Waals surface area contributed by atoms with Crippen molar-refractivity contribution in [3.05, 3.63) is 143 Å². The molecule has 3 heterocycles. The summed E-state index contributed by atoms with van der Waals surface area (Å²) in [5.41, 5.74) is 6.29. The van der Waals surface area contributed by atoms with Crippen LogP contribution in [0.1, 0.15) is 51.0 Å². The molecule has 3 aromatic carbocycles. The van der Waals surface area contributed by atoms with Crippen LogP contribution in [0, 0.1) is 0 Å². The molecule has 0 amide bonds. The molecular formula is C42H44N3OS3+. The molecule has 0 bridgehead atoms. The normalized spacial score (nSPS) is 20.5. The highest BCUT2D eigenvalue weighted by molar-refractivity contribution is 8.03. The fourth-order valence-electron chi connectivity index (χ4n) is 6.88. The molecule has 0 saturated heterocycles. The number of aromatic nitrogens is 1. The molecule has 3 aliphatic rings. The predicted molar refractivity (Wildman–Crippen MR) is 212 cm³/mol. The summed E-state index contributed by atoms with van der Waals surface area (Å²) in [5, 5.41) is 1.90. The number of fused-ring (bicyclic) bond motifs is 3. The highest BCUT2D eigenvalue weighted by atomic mass is 32.2. The van der Waals surface area contributed by atoms with Crippen molar-refractivity contribution >= 4 is 62.5 Å². The second-order valence-corrected chi connectivity index (χ2v) is 16.0. The fourth-order valence-corrected chi connectivity index (χ4v) is 10.4. The quantitative estimate of drug-likeness (QED) is 0.108. The van der Waals surface area contributed by atoms with Crippen molar-refractivity contribution in [3.8, 4) is 0 Å². The first-order valence-corrected chi connectivity index (χ1v) is 19.7. The molecule has 1 aromatic heterocycles. The second-order valence-electron chi connectivity index (χ2n) is 12.5. The van der Waals surface area contributed by atoms with Crippen LogP contribution in [-0.4, -0.2) is 18.1 Å². The number of rotatable bonds is 12. The van der Waals surface area contributed by atoms with Crippen molar-refractivity contribution in [3.63, 3.8) is 0 Å². The van der Waals surface area contributed by atoms with Crippen molar-refractivity contribution in [2.45, 2.75) is 67.3 Å². The lowest BCUT2D eigenvalue weighted by Crippen LogP contribution is -2.43. The van der Waals surface area contributed by atoms with E-state index in [9.17, 15) is 0 Å². The van der Waals surface area contributed by atoms with E-state index >= 15 is 0 Å². The van der Waals surface area contributed by atoms with E-state index in [-0.39, 0.29) is 0 Å². The maximum Gasteiger partial charge on any atom is 0.262 e. The maximum atomic E-state index is 7.38. The maximum absolute atomic E-state index is 7.38. The molecule has 2 aliphatic heterocycles. The molecule has 0 radical (unpaired) electrons. The van der Waals surface area contributed by atoms with Crippen molar-refractivity contribution in [2.75, 3.05) is 22.9 Å². The molecule has 0 fully saturated rings. The molecule has 0 spiro atoms. The van der Waals surface area contributed by atoms with E-state index in [1.807, 2.05) is 47.0 Å². The Labute approximate surface area is 303 Å². The number of anilines is 2. The van der Waals surface area contributed by atoms with Gasteiger partial charge in [-0.1, -0.05) is 89.5 Å². The van der Waals surface area contributed by atoms with Crippen LogP contribution in [0.3, 0.4) is 0 Å². The van der Waals surface area contributed by atoms with Crippen LogP contribution in [-0.2, 0) is 11.3 Å². The van der Waals surface area contributed by atoms with Gasteiger partial charge in [-0.15, -0.1) is 13.2 Å². The highest BCUT2D eigenvalue weighted by Crippen LogP contribution is 2.53. The van der Waals surface area contributed by atoms with E-state index in [0.29, 0.717) is 0 Å². The summed E-state index contributed by atoms with van der Waals surface area (Å²) in [6, 6.07) is 26.1. The minimum atomic E-state index is -0.597. The number of thioether (sulfide) groups is 2. The molecule has 250 valence electrons. The molecule has 49 heavy (non-hydrogen) atoms. The van der Waals surface area contributed by atoms with Crippen molar-refractivity contribution < 1.29 is 9.30 Å². The van der Waals surface area contributed by atoms with Gasteiger partial charge in [0.15, 0.2) is 6.54 Å². The Balaban J connectivity index is 1.31. The molecule has 4 aromatic rings. The summed E-state index contributed by atoms with van der Waals surface area (Å²) in [6.45, 7) is 15.2. The minimum Gasteiger partial charge on any atom is -0.458 e. The van der Waals surface area contributed by atoms with Gasteiger partial charge in [0.2, 0.25) is 10.6 Å². The van der Waals surface area contributed by atoms with Crippen molar-refractivity contribution in [1.29, 1.82) is 0 Å². The second kappa shape index (κ2) is 14.9. The fraction of sp³-hybridized carbons (Fsp3) is 0.262. The third kappa shape index (κ3) is 6.81. The highest BCUT2D eigenvalue weighted by Gasteiger charge is 2.44. The predicted octanol–water partition coefficient (Wildman–Crippen LogP) is 11.5. The monoisotopic (exact) mass is 702 g/mol. The van der Waals surface area contributed by atoms with E-state index in [0.717, 1.165) is 57.5 Å². The minimum absolute atomic E-state index is 0.597. The van der Waals surface area contributed by atoms with Crippen LogP contribution >= 0.6 is 34.9 Å². The molecular weight excluding hydrogens is 659 g/mol. The Kier molecular flexibility index (Phi) is 10.2. The Hall–Kier alpha value is -3.91. The van der Waals surface area contributed by atoms with Crippen LogP contribution in [0.2, 0.25) is 0 Å². The van der Waals surface area contributed by atoms with Gasteiger partial charge in [0.1, 0.15) is 10.5 Å². The summed E-state index contributed by atoms with van der Waals surface area (Å²) in [4.78, 5) is 7.40. The third-order valence-electron chi connectivity index (χ3n) is 9.27. The Bertz CT molecular complexity index is 2000. The van der Waals surface area contributed by atoms with Gasteiger partial charge in [0.25, 0.3) is 5.01 Å². The van der Waals surface area contributed by atoms with Gasteiger partial charge in [0.05, 0.1) is 16.4 Å². The number of aryl methyl sites for hydroxylation is 1. The van der Waals surface area contributed by atoms with E-state index < -0.39 is 5.06 Å². The van der Waals surface area contributed by atoms with Gasteiger partial charge in [-0.05, 0) is 86.2 Å². The summed E-state index contributed by atoms with van der Waals surface area (Å²) < 4.78 is 11.1. The lowest BCUT2D eigenvalue weighted by molar-refractivity contribution is -0.667. The lowest BCUT2D eigenvalue weighted by atomic mass is 9.92. The van der Waals surface area contributed by atoms with E-state index in [1.54, 1.807) is 0 Å². The number of ether oxygens (including phenoxy) is 1. The first kappa shape index (κ1) is 33.6. The molecule has 0 N–H and O–H groups in total. The Morgan fingerprint density at radius 2 is 1.63 bits per heavy atom. The first-order valence-electron chi connectivity index (χ1n) is 17.3. The smallest absolute Gasteiger partial charge is 0.262 e. The van der Waals surface area contributed by atoms with E-state index in [4.69, 9.17) is 4.74 Å². The van der Waals surface area contributed by atoms with Crippen LogP contribution in [0.15, 0.2) is 148 Å². The number of thiazole rings is 1. The van der Waals surface area contributed by atoms with Gasteiger partial charge < -0.3 is 14.5 Å². The topological polar surface area (TPSA) is 19.6 Å². The van der Waals surface area contributed by atoms with Crippen LogP contribution in [0.25, 0.3) is 16.3 Å². The summed E-state index contributed by atoms with van der Waals surface area (Å²) in [7, 11) is 0. The number of hydrogen-bond acceptors (Lipinski definition) is 6. The zero-order valence-electron chi connectivity index (χ0n) is 28.4. The van der Waals surface area contributed by atoms with Crippen LogP contribution < -0.4 is 14.4 Å². The zero-order chi connectivity index (χ0) is 33.8. The lowest BCUT2D eigenvalue weighted by Gasteiger charge is -2.38. The molecule has 1 unspecified atom stereocenters. The Morgan fingerprint density at radius 3 is 2.45 bits per heavy atom. The first-order chi connectivity index (χ1) is 24.0. The third-order valence-corrected chi connectivity index (χ3v) is 12.8. The zero-order valence-corrected chi connectivity index (χ0v) is 30.9. The molecule has 7 rings (SSSR count). The number of hydrogen-bond donors (Lipinski definition) is 0. The Morgan fingerprint density at radius 1 is 0.878 bits per heavy atom. The van der Waals surface area contributed by atoms with Gasteiger partial charge >= 0.3 is 0 Å². The number of allylic oxidation sites excluding steroid dienone is 6. The summed E-state index contributed by atoms with van der Waals surface area (Å²) in [6.07, 6.45) is 18.1. The summed E-state index contributed by atoms with van der Waals surface area (Å²) >= 11 is 5.51. The van der Waals surface area contributed by atoms with Crippen molar-refractivity contribution in [2.24, 2.45) is 0 Å². The number of para-hydroxylation sites is 3. The molecule has 7 heteroatoms. The molecule has 0 saturated carbocycles. The van der Waals surface area contributed by atoms with Gasteiger partial charge in [-0.2, -0.15) is 4.57 Å². The largest absolute Gasteiger partial charge is 0.458 e. The van der Waals surface area contributed by atoms with Gasteiger partial charge in [-0.25, -0.2) is 0 Å². The van der Waals surface area contributed by atoms with Crippen molar-refractivity contribution in [1.82, 2.24) is 0 Å². The van der Waals surface area contributed by atoms with Crippen LogP contribution in [0.4, 0.5) is 11.4 Å². The van der Waals surface area contributed by atoms with Gasteiger partial charge in [-0.3, -0.25) is 0 Å². The van der Waals surface area contributed by atoms with Crippen LogP contribution in [0.5, 0.6) is 0 Å².